The molecule has 29 heavy (non-hydrogen) atoms. The Morgan fingerprint density at radius 1 is 1.34 bits per heavy atom. The number of aliphatic imine (C=N–C) groups is 1. The zero-order chi connectivity index (χ0) is 21.7. The molecule has 8 nitrogen and oxygen atoms in total. The Bertz CT molecular complexity index is 839. The second kappa shape index (κ2) is 8.93. The minimum Gasteiger partial charge on any atom is -0.468 e. The number of aryl methyl sites for hydroxylation is 1. The van der Waals surface area contributed by atoms with Crippen molar-refractivity contribution in [1.29, 1.82) is 0 Å². The Labute approximate surface area is 165 Å². The predicted molar refractivity (Wildman–Crippen MR) is 98.9 cm³/mol. The number of aromatic nitrogens is 1. The standard InChI is InChI=1S/C18H22F3N5O3/c1-4-14(27)25-13-8-22-9-17(3,26-13)16(28)24-7-12-6-23-15(5-11(12)2)29-10-18(19,20)21/h5-6,8-9,26H,4,7,10H2,1-3H3,(H,24,28)(H,25,27). The SMILES string of the molecule is CCC(=O)NC1=CN=CC(C)(C(=O)NCc2cnc(OCC(F)(F)F)cc2C)N1. The molecule has 0 aliphatic carbocycles. The molecule has 1 aliphatic heterocycles. The monoisotopic (exact) mass is 413 g/mol. The Morgan fingerprint density at radius 3 is 2.69 bits per heavy atom. The van der Waals surface area contributed by atoms with Gasteiger partial charge in [0, 0.05) is 31.4 Å². The summed E-state index contributed by atoms with van der Waals surface area (Å²) in [7, 11) is 0. The van der Waals surface area contributed by atoms with E-state index in [-0.39, 0.29) is 24.8 Å². The topological polar surface area (TPSA) is 105 Å². The molecule has 158 valence electrons. The Hall–Kier alpha value is -3.11. The van der Waals surface area contributed by atoms with Gasteiger partial charge in [0.05, 0.1) is 6.20 Å². The van der Waals surface area contributed by atoms with E-state index in [1.54, 1.807) is 20.8 Å². The number of pyridine rings is 1. The molecule has 1 atom stereocenters. The van der Waals surface area contributed by atoms with Gasteiger partial charge in [0.1, 0.15) is 5.82 Å². The van der Waals surface area contributed by atoms with E-state index >= 15 is 0 Å². The molecular formula is C18H22F3N5O3. The van der Waals surface area contributed by atoms with Crippen LogP contribution in [0, 0.1) is 6.92 Å². The molecule has 0 fully saturated rings. The van der Waals surface area contributed by atoms with E-state index in [1.165, 1.54) is 24.7 Å². The summed E-state index contributed by atoms with van der Waals surface area (Å²) < 4.78 is 41.3. The van der Waals surface area contributed by atoms with Gasteiger partial charge in [0.15, 0.2) is 12.1 Å². The predicted octanol–water partition coefficient (Wildman–Crippen LogP) is 1.71. The average molecular weight is 413 g/mol. The number of carbonyl (C=O) groups is 2. The number of rotatable bonds is 7. The number of nitrogens with one attached hydrogen (secondary N) is 3. The van der Waals surface area contributed by atoms with Gasteiger partial charge in [-0.15, -0.1) is 0 Å². The van der Waals surface area contributed by atoms with Crippen molar-refractivity contribution in [1.82, 2.24) is 20.9 Å². The lowest BCUT2D eigenvalue weighted by Crippen LogP contribution is -2.58. The van der Waals surface area contributed by atoms with E-state index in [0.717, 1.165) is 0 Å². The van der Waals surface area contributed by atoms with Crippen LogP contribution in [0.4, 0.5) is 13.2 Å². The first-order valence-corrected chi connectivity index (χ1v) is 8.78. The summed E-state index contributed by atoms with van der Waals surface area (Å²) >= 11 is 0. The Kier molecular flexibility index (Phi) is 6.83. The van der Waals surface area contributed by atoms with Gasteiger partial charge < -0.3 is 20.7 Å². The summed E-state index contributed by atoms with van der Waals surface area (Å²) in [6.45, 7) is 3.64. The number of hydrogen-bond acceptors (Lipinski definition) is 6. The molecule has 3 N–H and O–H groups in total. The number of amides is 2. The van der Waals surface area contributed by atoms with Gasteiger partial charge in [-0.2, -0.15) is 13.2 Å². The van der Waals surface area contributed by atoms with Gasteiger partial charge in [-0.25, -0.2) is 4.98 Å². The molecular weight excluding hydrogens is 391 g/mol. The van der Waals surface area contributed by atoms with Gasteiger partial charge in [-0.05, 0) is 25.0 Å². The van der Waals surface area contributed by atoms with Crippen LogP contribution in [0.15, 0.2) is 29.3 Å². The lowest BCUT2D eigenvalue weighted by molar-refractivity contribution is -0.154. The highest BCUT2D eigenvalue weighted by atomic mass is 19.4. The van der Waals surface area contributed by atoms with E-state index in [1.807, 2.05) is 0 Å². The number of ether oxygens (including phenoxy) is 1. The lowest BCUT2D eigenvalue weighted by atomic mass is 10.0. The van der Waals surface area contributed by atoms with Crippen LogP contribution in [-0.4, -0.2) is 41.3 Å². The summed E-state index contributed by atoms with van der Waals surface area (Å²) in [6.07, 6.45) is -0.0188. The van der Waals surface area contributed by atoms with Crippen molar-refractivity contribution in [3.8, 4) is 5.88 Å². The molecule has 11 heteroatoms. The molecule has 0 saturated carbocycles. The molecule has 0 radical (unpaired) electrons. The maximum absolute atomic E-state index is 12.6. The summed E-state index contributed by atoms with van der Waals surface area (Å²) in [4.78, 5) is 32.0. The summed E-state index contributed by atoms with van der Waals surface area (Å²) in [5, 5.41) is 8.24. The number of nitrogens with zero attached hydrogens (tertiary/aromatic N) is 2. The third-order valence-corrected chi connectivity index (χ3v) is 4.01. The highest BCUT2D eigenvalue weighted by Crippen LogP contribution is 2.19. The molecule has 0 saturated heterocycles. The van der Waals surface area contributed by atoms with Crippen LogP contribution in [0.25, 0.3) is 0 Å². The maximum Gasteiger partial charge on any atom is 0.422 e. The van der Waals surface area contributed by atoms with Gasteiger partial charge in [0.25, 0.3) is 5.91 Å². The average Bonchev–Trinajstić information content (AvgIpc) is 2.64. The van der Waals surface area contributed by atoms with Crippen molar-refractivity contribution < 1.29 is 27.5 Å². The third-order valence-electron chi connectivity index (χ3n) is 4.01. The van der Waals surface area contributed by atoms with E-state index in [0.29, 0.717) is 16.9 Å². The van der Waals surface area contributed by atoms with Crippen molar-refractivity contribution >= 4 is 18.0 Å². The van der Waals surface area contributed by atoms with Crippen molar-refractivity contribution in [3.63, 3.8) is 0 Å². The van der Waals surface area contributed by atoms with E-state index < -0.39 is 24.2 Å². The zero-order valence-corrected chi connectivity index (χ0v) is 16.2. The van der Waals surface area contributed by atoms with Gasteiger partial charge in [-0.3, -0.25) is 14.6 Å². The molecule has 1 unspecified atom stereocenters. The highest BCUT2D eigenvalue weighted by molar-refractivity contribution is 6.03. The fraction of sp³-hybridized carbons (Fsp3) is 0.444. The van der Waals surface area contributed by atoms with Gasteiger partial charge in [0.2, 0.25) is 11.8 Å². The van der Waals surface area contributed by atoms with Crippen LogP contribution in [0.1, 0.15) is 31.4 Å². The molecule has 2 amide bonds. The fourth-order valence-corrected chi connectivity index (χ4v) is 2.36. The van der Waals surface area contributed by atoms with E-state index in [4.69, 9.17) is 0 Å². The summed E-state index contributed by atoms with van der Waals surface area (Å²) in [6, 6.07) is 1.37. The first kappa shape index (κ1) is 22.2. The van der Waals surface area contributed by atoms with Crippen LogP contribution in [0.2, 0.25) is 0 Å². The number of alkyl halides is 3. The van der Waals surface area contributed by atoms with Crippen LogP contribution in [0.3, 0.4) is 0 Å². The summed E-state index contributed by atoms with van der Waals surface area (Å²) in [5.74, 6) is -0.474. The van der Waals surface area contributed by atoms with Crippen LogP contribution >= 0.6 is 0 Å². The van der Waals surface area contributed by atoms with Crippen LogP contribution in [-0.2, 0) is 16.1 Å². The second-order valence-electron chi connectivity index (χ2n) is 6.59. The fourth-order valence-electron chi connectivity index (χ4n) is 2.36. The van der Waals surface area contributed by atoms with E-state index in [2.05, 4.69) is 30.7 Å². The van der Waals surface area contributed by atoms with Crippen molar-refractivity contribution in [2.45, 2.75) is 45.5 Å². The largest absolute Gasteiger partial charge is 0.468 e. The second-order valence-corrected chi connectivity index (χ2v) is 6.59. The quantitative estimate of drug-likeness (QED) is 0.631. The van der Waals surface area contributed by atoms with Crippen molar-refractivity contribution in [2.24, 2.45) is 4.99 Å². The molecule has 1 aliphatic rings. The lowest BCUT2D eigenvalue weighted by Gasteiger charge is -2.30. The zero-order valence-electron chi connectivity index (χ0n) is 16.2. The highest BCUT2D eigenvalue weighted by Gasteiger charge is 2.34. The van der Waals surface area contributed by atoms with Crippen LogP contribution < -0.4 is 20.7 Å². The Morgan fingerprint density at radius 2 is 2.07 bits per heavy atom. The number of hydrogen-bond donors (Lipinski definition) is 3. The molecule has 0 spiro atoms. The molecule has 2 heterocycles. The summed E-state index contributed by atoms with van der Waals surface area (Å²) in [5.41, 5.74) is 0.0372. The Balaban J connectivity index is 1.95. The first-order chi connectivity index (χ1) is 13.5. The van der Waals surface area contributed by atoms with E-state index in [9.17, 15) is 22.8 Å². The number of halogens is 3. The van der Waals surface area contributed by atoms with Gasteiger partial charge in [-0.1, -0.05) is 6.92 Å². The normalized spacial score (nSPS) is 18.5. The molecule has 1 aromatic rings. The third kappa shape index (κ3) is 6.47. The molecule has 1 aromatic heterocycles. The number of carbonyl (C=O) groups excluding carboxylic acids is 2. The first-order valence-electron chi connectivity index (χ1n) is 8.78. The van der Waals surface area contributed by atoms with Crippen molar-refractivity contribution in [2.75, 3.05) is 6.61 Å². The van der Waals surface area contributed by atoms with Crippen molar-refractivity contribution in [3.05, 3.63) is 35.4 Å². The van der Waals surface area contributed by atoms with Crippen LogP contribution in [0.5, 0.6) is 5.88 Å². The van der Waals surface area contributed by atoms with Gasteiger partial charge >= 0.3 is 6.18 Å². The molecule has 0 bridgehead atoms. The maximum atomic E-state index is 12.6. The minimum atomic E-state index is -4.45. The molecule has 0 aromatic carbocycles. The minimum absolute atomic E-state index is 0.0999. The smallest absolute Gasteiger partial charge is 0.422 e. The molecule has 2 rings (SSSR count).